The Morgan fingerprint density at radius 2 is 2.15 bits per heavy atom. The van der Waals surface area contributed by atoms with E-state index in [1.54, 1.807) is 0 Å². The molecule has 0 spiro atoms. The van der Waals surface area contributed by atoms with Crippen molar-refractivity contribution in [2.24, 2.45) is 17.8 Å². The first-order chi connectivity index (χ1) is 12.6. The molecule has 1 amide bonds. The van der Waals surface area contributed by atoms with Gasteiger partial charge in [0.15, 0.2) is 0 Å². The van der Waals surface area contributed by atoms with Gasteiger partial charge in [-0.05, 0) is 57.4 Å². The summed E-state index contributed by atoms with van der Waals surface area (Å²) in [7, 11) is 0. The van der Waals surface area contributed by atoms with Crippen LogP contribution in [0.5, 0.6) is 0 Å². The second-order valence-corrected chi connectivity index (χ2v) is 8.33. The van der Waals surface area contributed by atoms with E-state index in [0.717, 1.165) is 32.2 Å². The van der Waals surface area contributed by atoms with Crippen LogP contribution in [0, 0.1) is 17.8 Å². The first-order valence-corrected chi connectivity index (χ1v) is 10.1. The molecule has 1 saturated carbocycles. The Hall–Kier alpha value is -0.770. The second kappa shape index (κ2) is 8.08. The van der Waals surface area contributed by atoms with Gasteiger partial charge in [0.2, 0.25) is 5.91 Å². The predicted octanol–water partition coefficient (Wildman–Crippen LogP) is -0.557. The van der Waals surface area contributed by atoms with Crippen molar-refractivity contribution >= 4 is 5.91 Å². The molecule has 148 valence electrons. The van der Waals surface area contributed by atoms with Crippen molar-refractivity contribution < 1.29 is 19.5 Å². The number of rotatable bonds is 4. The van der Waals surface area contributed by atoms with Crippen LogP contribution in [0.2, 0.25) is 0 Å². The number of aliphatic hydroxyl groups is 1. The van der Waals surface area contributed by atoms with E-state index in [4.69, 9.17) is 9.57 Å². The summed E-state index contributed by atoms with van der Waals surface area (Å²) >= 11 is 0. The molecule has 8 heteroatoms. The van der Waals surface area contributed by atoms with E-state index in [2.05, 4.69) is 21.4 Å². The van der Waals surface area contributed by atoms with E-state index in [9.17, 15) is 9.90 Å². The molecule has 0 bridgehead atoms. The van der Waals surface area contributed by atoms with E-state index in [-0.39, 0.29) is 49.0 Å². The molecule has 8 nitrogen and oxygen atoms in total. The highest BCUT2D eigenvalue weighted by Crippen LogP contribution is 2.39. The second-order valence-electron chi connectivity index (χ2n) is 8.33. The Labute approximate surface area is 154 Å². The first-order valence-electron chi connectivity index (χ1n) is 10.1. The van der Waals surface area contributed by atoms with Gasteiger partial charge in [-0.3, -0.25) is 14.9 Å². The maximum atomic E-state index is 12.7. The first kappa shape index (κ1) is 18.6. The minimum absolute atomic E-state index is 0.0417. The molecular formula is C18H32N4O4. The Kier molecular flexibility index (Phi) is 5.78. The maximum absolute atomic E-state index is 12.7. The SMILES string of the molecule is CC1NC(C2CCC3C(C2)OC[C@H]3NC(=O)C2CC(CO)CCN2)NO1. The lowest BCUT2D eigenvalue weighted by molar-refractivity contribution is -0.125. The Morgan fingerprint density at radius 3 is 2.92 bits per heavy atom. The van der Waals surface area contributed by atoms with Gasteiger partial charge in [0.1, 0.15) is 6.23 Å². The van der Waals surface area contributed by atoms with Crippen molar-refractivity contribution in [2.45, 2.75) is 69.6 Å². The standard InChI is InChI=1S/C18H32N4O4/c1-10-20-17(22-26-10)12-2-3-13-15(9-25-16(13)7-12)21-18(24)14-6-11(8-23)4-5-19-14/h10-17,19-20,22-23H,2-9H2,1H3,(H,21,24)/t10?,11?,12?,13?,14?,15-,16?,17?/m1/s1. The number of ether oxygens (including phenoxy) is 1. The topological polar surface area (TPSA) is 104 Å². The minimum atomic E-state index is -0.193. The largest absolute Gasteiger partial charge is 0.396 e. The van der Waals surface area contributed by atoms with Crippen LogP contribution in [0.15, 0.2) is 0 Å². The average Bonchev–Trinajstić information content (AvgIpc) is 3.28. The fraction of sp³-hybridized carbons (Fsp3) is 0.944. The summed E-state index contributed by atoms with van der Waals surface area (Å²) in [5, 5.41) is 19.3. The molecule has 3 heterocycles. The molecule has 0 aromatic heterocycles. The fourth-order valence-corrected chi connectivity index (χ4v) is 5.01. The molecule has 0 aromatic carbocycles. The number of hydroxylamine groups is 1. The number of hydrogen-bond donors (Lipinski definition) is 5. The third-order valence-electron chi connectivity index (χ3n) is 6.56. The number of carbonyl (C=O) groups excluding carboxylic acids is 1. The van der Waals surface area contributed by atoms with Crippen molar-refractivity contribution in [3.63, 3.8) is 0 Å². The number of hydrogen-bond acceptors (Lipinski definition) is 7. The molecule has 4 fully saturated rings. The number of amides is 1. The quantitative estimate of drug-likeness (QED) is 0.453. The molecule has 1 aliphatic carbocycles. The molecule has 0 aromatic rings. The smallest absolute Gasteiger partial charge is 0.237 e. The lowest BCUT2D eigenvalue weighted by Gasteiger charge is -2.36. The van der Waals surface area contributed by atoms with Gasteiger partial charge in [-0.2, -0.15) is 5.48 Å². The van der Waals surface area contributed by atoms with E-state index in [0.29, 0.717) is 24.9 Å². The average molecular weight is 368 g/mol. The van der Waals surface area contributed by atoms with Crippen LogP contribution in [0.3, 0.4) is 0 Å². The van der Waals surface area contributed by atoms with Gasteiger partial charge >= 0.3 is 0 Å². The van der Waals surface area contributed by atoms with Gasteiger partial charge in [-0.15, -0.1) is 0 Å². The van der Waals surface area contributed by atoms with Gasteiger partial charge in [0.05, 0.1) is 31.0 Å². The lowest BCUT2D eigenvalue weighted by atomic mass is 9.76. The van der Waals surface area contributed by atoms with E-state index >= 15 is 0 Å². The fourth-order valence-electron chi connectivity index (χ4n) is 5.01. The zero-order valence-corrected chi connectivity index (χ0v) is 15.4. The van der Waals surface area contributed by atoms with Crippen LogP contribution >= 0.6 is 0 Å². The van der Waals surface area contributed by atoms with Crippen LogP contribution in [0.1, 0.15) is 39.0 Å². The Balaban J connectivity index is 1.28. The summed E-state index contributed by atoms with van der Waals surface area (Å²) in [6, 6.07) is -0.0914. The summed E-state index contributed by atoms with van der Waals surface area (Å²) in [5.41, 5.74) is 3.09. The van der Waals surface area contributed by atoms with Crippen LogP contribution in [0.25, 0.3) is 0 Å². The summed E-state index contributed by atoms with van der Waals surface area (Å²) in [5.74, 6) is 1.17. The molecule has 3 saturated heterocycles. The van der Waals surface area contributed by atoms with Gasteiger partial charge in [-0.1, -0.05) is 0 Å². The van der Waals surface area contributed by atoms with E-state index in [1.165, 1.54) is 0 Å². The number of piperidine rings is 1. The van der Waals surface area contributed by atoms with Crippen molar-refractivity contribution in [3.8, 4) is 0 Å². The Bertz CT molecular complexity index is 508. The van der Waals surface area contributed by atoms with Gasteiger partial charge in [0, 0.05) is 12.5 Å². The molecule has 5 N–H and O–H groups in total. The number of carbonyl (C=O) groups is 1. The number of aliphatic hydroxyl groups excluding tert-OH is 1. The zero-order valence-electron chi connectivity index (χ0n) is 15.4. The van der Waals surface area contributed by atoms with Crippen molar-refractivity contribution in [2.75, 3.05) is 19.8 Å². The highest BCUT2D eigenvalue weighted by atomic mass is 16.7. The number of nitrogens with one attached hydrogen (secondary N) is 4. The molecule has 0 radical (unpaired) electrons. The molecule has 7 unspecified atom stereocenters. The zero-order chi connectivity index (χ0) is 18.1. The highest BCUT2D eigenvalue weighted by Gasteiger charge is 2.45. The van der Waals surface area contributed by atoms with Gasteiger partial charge in [0.25, 0.3) is 0 Å². The Morgan fingerprint density at radius 1 is 1.27 bits per heavy atom. The van der Waals surface area contributed by atoms with Crippen LogP contribution in [0.4, 0.5) is 0 Å². The van der Waals surface area contributed by atoms with Gasteiger partial charge in [-0.25, -0.2) is 0 Å². The summed E-state index contributed by atoms with van der Waals surface area (Å²) in [6.45, 7) is 3.55. The lowest BCUT2D eigenvalue weighted by Crippen LogP contribution is -2.53. The molecule has 8 atom stereocenters. The van der Waals surface area contributed by atoms with Crippen LogP contribution < -0.4 is 21.4 Å². The minimum Gasteiger partial charge on any atom is -0.396 e. The number of fused-ring (bicyclic) bond motifs is 1. The normalized spacial score (nSPS) is 46.1. The maximum Gasteiger partial charge on any atom is 0.237 e. The van der Waals surface area contributed by atoms with Crippen LogP contribution in [-0.4, -0.2) is 61.4 Å². The monoisotopic (exact) mass is 368 g/mol. The molecule has 26 heavy (non-hydrogen) atoms. The summed E-state index contributed by atoms with van der Waals surface area (Å²) in [4.78, 5) is 18.1. The molecule has 4 aliphatic rings. The van der Waals surface area contributed by atoms with E-state index in [1.807, 2.05) is 6.92 Å². The van der Waals surface area contributed by atoms with E-state index < -0.39 is 0 Å². The molecule has 4 rings (SSSR count). The third-order valence-corrected chi connectivity index (χ3v) is 6.56. The predicted molar refractivity (Wildman–Crippen MR) is 94.7 cm³/mol. The van der Waals surface area contributed by atoms with Crippen LogP contribution in [-0.2, 0) is 14.4 Å². The summed E-state index contributed by atoms with van der Waals surface area (Å²) < 4.78 is 6.05. The van der Waals surface area contributed by atoms with Gasteiger partial charge < -0.3 is 20.5 Å². The van der Waals surface area contributed by atoms with Crippen molar-refractivity contribution in [3.05, 3.63) is 0 Å². The van der Waals surface area contributed by atoms with Crippen molar-refractivity contribution in [1.82, 2.24) is 21.4 Å². The third kappa shape index (κ3) is 3.90. The summed E-state index contributed by atoms with van der Waals surface area (Å²) in [6.07, 6.45) is 5.24. The molecular weight excluding hydrogens is 336 g/mol. The van der Waals surface area contributed by atoms with Crippen molar-refractivity contribution in [1.29, 1.82) is 0 Å². The molecule has 3 aliphatic heterocycles. The highest BCUT2D eigenvalue weighted by molar-refractivity contribution is 5.82.